The highest BCUT2D eigenvalue weighted by Gasteiger charge is 2.48. The molecule has 0 unspecified atom stereocenters. The third kappa shape index (κ3) is 3.83. The standard InChI is InChI=1S/C22H29NOS/c1(8-19-9-7-17-25-19)3-11-21(20-10-2-6-15-23-20)14-16-24-22(18-21)12-4-5-13-22/h2,6-7,9-10,15,17H,1,3-5,8,11-14,16,18H2/t21-/m1/s1. The van der Waals surface area contributed by atoms with Crippen LogP contribution in [0.25, 0.3) is 0 Å². The Morgan fingerprint density at radius 3 is 2.72 bits per heavy atom. The van der Waals surface area contributed by atoms with Crippen molar-refractivity contribution in [1.29, 1.82) is 0 Å². The van der Waals surface area contributed by atoms with Gasteiger partial charge in [-0.05, 0) is 68.5 Å². The number of nitrogens with zero attached hydrogens (tertiary/aromatic N) is 1. The zero-order valence-corrected chi connectivity index (χ0v) is 15.9. The van der Waals surface area contributed by atoms with Crippen LogP contribution in [-0.4, -0.2) is 17.2 Å². The summed E-state index contributed by atoms with van der Waals surface area (Å²) in [6.45, 7) is 0.904. The van der Waals surface area contributed by atoms with E-state index in [-0.39, 0.29) is 11.0 Å². The van der Waals surface area contributed by atoms with E-state index in [1.54, 1.807) is 0 Å². The molecule has 3 heteroatoms. The van der Waals surface area contributed by atoms with Crippen LogP contribution in [0.2, 0.25) is 0 Å². The minimum Gasteiger partial charge on any atom is -0.375 e. The van der Waals surface area contributed by atoms with Crippen molar-refractivity contribution in [2.45, 2.75) is 75.2 Å². The summed E-state index contributed by atoms with van der Waals surface area (Å²) in [7, 11) is 0. The van der Waals surface area contributed by atoms with E-state index < -0.39 is 0 Å². The van der Waals surface area contributed by atoms with Crippen LogP contribution in [-0.2, 0) is 16.6 Å². The maximum absolute atomic E-state index is 6.34. The zero-order chi connectivity index (χ0) is 17.0. The summed E-state index contributed by atoms with van der Waals surface area (Å²) in [6, 6.07) is 10.9. The predicted octanol–water partition coefficient (Wildman–Crippen LogP) is 5.92. The van der Waals surface area contributed by atoms with Crippen LogP contribution in [0.15, 0.2) is 41.9 Å². The van der Waals surface area contributed by atoms with E-state index in [4.69, 9.17) is 9.72 Å². The summed E-state index contributed by atoms with van der Waals surface area (Å²) < 4.78 is 6.34. The van der Waals surface area contributed by atoms with Gasteiger partial charge in [0, 0.05) is 28.8 Å². The van der Waals surface area contributed by atoms with Crippen LogP contribution in [0.4, 0.5) is 0 Å². The molecule has 1 aliphatic carbocycles. The minimum atomic E-state index is 0.142. The molecule has 134 valence electrons. The van der Waals surface area contributed by atoms with E-state index in [2.05, 4.69) is 29.6 Å². The minimum absolute atomic E-state index is 0.142. The van der Waals surface area contributed by atoms with Gasteiger partial charge in [-0.25, -0.2) is 0 Å². The Morgan fingerprint density at radius 2 is 1.96 bits per heavy atom. The molecular formula is C22H29NOS. The first-order valence-corrected chi connectivity index (χ1v) is 10.8. The molecular weight excluding hydrogens is 326 g/mol. The number of hydrogen-bond donors (Lipinski definition) is 0. The van der Waals surface area contributed by atoms with Crippen molar-refractivity contribution >= 4 is 11.3 Å². The van der Waals surface area contributed by atoms with E-state index in [1.165, 1.54) is 68.4 Å². The van der Waals surface area contributed by atoms with E-state index in [1.807, 2.05) is 23.6 Å². The predicted molar refractivity (Wildman–Crippen MR) is 104 cm³/mol. The SMILES string of the molecule is c1ccc([C@]2(CCCCc3cccs3)CCOC3(CCCC3)C2)nc1. The van der Waals surface area contributed by atoms with Crippen molar-refractivity contribution < 1.29 is 4.74 Å². The molecule has 0 aromatic carbocycles. The largest absolute Gasteiger partial charge is 0.375 e. The van der Waals surface area contributed by atoms with Gasteiger partial charge in [0.2, 0.25) is 0 Å². The van der Waals surface area contributed by atoms with Gasteiger partial charge in [-0.3, -0.25) is 4.98 Å². The smallest absolute Gasteiger partial charge is 0.0691 e. The van der Waals surface area contributed by atoms with Gasteiger partial charge in [0.25, 0.3) is 0 Å². The first-order chi connectivity index (χ1) is 12.3. The highest BCUT2D eigenvalue weighted by molar-refractivity contribution is 7.09. The first-order valence-electron chi connectivity index (χ1n) is 9.88. The number of unbranched alkanes of at least 4 members (excludes halogenated alkanes) is 1. The molecule has 4 rings (SSSR count). The van der Waals surface area contributed by atoms with Gasteiger partial charge in [0.15, 0.2) is 0 Å². The van der Waals surface area contributed by atoms with E-state index in [9.17, 15) is 0 Å². The molecule has 2 aromatic rings. The number of pyridine rings is 1. The summed E-state index contributed by atoms with van der Waals surface area (Å²) in [5.41, 5.74) is 1.67. The molecule has 2 aromatic heterocycles. The second-order valence-corrected chi connectivity index (χ2v) is 8.98. The molecule has 25 heavy (non-hydrogen) atoms. The quantitative estimate of drug-likeness (QED) is 0.600. The van der Waals surface area contributed by atoms with E-state index in [0.29, 0.717) is 0 Å². The lowest BCUT2D eigenvalue weighted by molar-refractivity contribution is -0.104. The number of thiophene rings is 1. The van der Waals surface area contributed by atoms with Gasteiger partial charge in [0.05, 0.1) is 5.60 Å². The Labute approximate surface area is 155 Å². The number of hydrogen-bond acceptors (Lipinski definition) is 3. The monoisotopic (exact) mass is 355 g/mol. The molecule has 0 N–H and O–H groups in total. The molecule has 1 saturated heterocycles. The summed E-state index contributed by atoms with van der Waals surface area (Å²) in [5, 5.41) is 2.19. The molecule has 2 fully saturated rings. The van der Waals surface area contributed by atoms with Gasteiger partial charge < -0.3 is 4.74 Å². The molecule has 1 aliphatic heterocycles. The topological polar surface area (TPSA) is 22.1 Å². The van der Waals surface area contributed by atoms with Crippen molar-refractivity contribution in [1.82, 2.24) is 4.98 Å². The second kappa shape index (κ2) is 7.59. The molecule has 3 heterocycles. The maximum atomic E-state index is 6.34. The second-order valence-electron chi connectivity index (χ2n) is 7.95. The van der Waals surface area contributed by atoms with E-state index in [0.717, 1.165) is 13.0 Å². The summed E-state index contributed by atoms with van der Waals surface area (Å²) in [6.07, 6.45) is 14.5. The van der Waals surface area contributed by atoms with Gasteiger partial charge in [-0.2, -0.15) is 0 Å². The van der Waals surface area contributed by atoms with Crippen LogP contribution >= 0.6 is 11.3 Å². The first kappa shape index (κ1) is 17.2. The zero-order valence-electron chi connectivity index (χ0n) is 15.1. The molecule has 0 bridgehead atoms. The van der Waals surface area contributed by atoms with Gasteiger partial charge in [0.1, 0.15) is 0 Å². The summed E-state index contributed by atoms with van der Waals surface area (Å²) in [4.78, 5) is 6.32. The maximum Gasteiger partial charge on any atom is 0.0691 e. The normalized spacial score (nSPS) is 25.4. The van der Waals surface area contributed by atoms with Gasteiger partial charge in [-0.15, -0.1) is 11.3 Å². The molecule has 0 amide bonds. The number of ether oxygens (including phenoxy) is 1. The van der Waals surface area contributed by atoms with Crippen LogP contribution in [0.5, 0.6) is 0 Å². The third-order valence-corrected chi connectivity index (χ3v) is 7.22. The lowest BCUT2D eigenvalue weighted by atomic mass is 9.67. The highest BCUT2D eigenvalue weighted by Crippen LogP contribution is 2.50. The lowest BCUT2D eigenvalue weighted by Crippen LogP contribution is -2.46. The third-order valence-electron chi connectivity index (χ3n) is 6.28. The van der Waals surface area contributed by atoms with Crippen molar-refractivity contribution in [2.75, 3.05) is 6.61 Å². The van der Waals surface area contributed by atoms with Gasteiger partial charge >= 0.3 is 0 Å². The fourth-order valence-electron chi connectivity index (χ4n) is 5.01. The fourth-order valence-corrected chi connectivity index (χ4v) is 5.76. The Kier molecular flexibility index (Phi) is 5.23. The number of aryl methyl sites for hydroxylation is 1. The number of rotatable bonds is 6. The van der Waals surface area contributed by atoms with E-state index >= 15 is 0 Å². The molecule has 2 aliphatic rings. The van der Waals surface area contributed by atoms with Crippen LogP contribution in [0, 0.1) is 0 Å². The number of aromatic nitrogens is 1. The Hall–Kier alpha value is -1.19. The molecule has 1 atom stereocenters. The van der Waals surface area contributed by atoms with Crippen LogP contribution < -0.4 is 0 Å². The Bertz CT molecular complexity index is 648. The van der Waals surface area contributed by atoms with Crippen molar-refractivity contribution in [2.24, 2.45) is 0 Å². The summed E-state index contributed by atoms with van der Waals surface area (Å²) in [5.74, 6) is 0. The van der Waals surface area contributed by atoms with Gasteiger partial charge in [-0.1, -0.05) is 31.4 Å². The molecule has 1 spiro atoms. The Balaban J connectivity index is 1.48. The van der Waals surface area contributed by atoms with Crippen molar-refractivity contribution in [3.8, 4) is 0 Å². The molecule has 0 radical (unpaired) electrons. The Morgan fingerprint density at radius 1 is 1.04 bits per heavy atom. The molecule has 1 saturated carbocycles. The highest BCUT2D eigenvalue weighted by atomic mass is 32.1. The average Bonchev–Trinajstić information content (AvgIpc) is 3.32. The van der Waals surface area contributed by atoms with Crippen LogP contribution in [0.3, 0.4) is 0 Å². The summed E-state index contributed by atoms with van der Waals surface area (Å²) >= 11 is 1.89. The molecule has 2 nitrogen and oxygen atoms in total. The average molecular weight is 356 g/mol. The van der Waals surface area contributed by atoms with Crippen molar-refractivity contribution in [3.63, 3.8) is 0 Å². The fraction of sp³-hybridized carbons (Fsp3) is 0.591. The van der Waals surface area contributed by atoms with Crippen molar-refractivity contribution in [3.05, 3.63) is 52.5 Å². The lowest BCUT2D eigenvalue weighted by Gasteiger charge is -2.46. The van der Waals surface area contributed by atoms with Crippen LogP contribution in [0.1, 0.15) is 68.4 Å².